The lowest BCUT2D eigenvalue weighted by Crippen LogP contribution is -2.22. The van der Waals surface area contributed by atoms with Gasteiger partial charge in [0.25, 0.3) is 5.91 Å². The van der Waals surface area contributed by atoms with Gasteiger partial charge in [0.2, 0.25) is 0 Å². The molecule has 2 N–H and O–H groups in total. The molecule has 0 bridgehead atoms. The van der Waals surface area contributed by atoms with Crippen LogP contribution in [-0.2, 0) is 20.2 Å². The number of benzene rings is 1. The molecule has 22 heavy (non-hydrogen) atoms. The molecule has 0 fully saturated rings. The summed E-state index contributed by atoms with van der Waals surface area (Å²) in [5.41, 5.74) is 2.69. The largest absolute Gasteiger partial charge is 0.392 e. The van der Waals surface area contributed by atoms with Crippen molar-refractivity contribution in [3.05, 3.63) is 52.0 Å². The number of nitrogens with one attached hydrogen (secondary N) is 1. The Labute approximate surface area is 132 Å². The predicted molar refractivity (Wildman–Crippen MR) is 86.9 cm³/mol. The van der Waals surface area contributed by atoms with E-state index >= 15 is 0 Å². The maximum atomic E-state index is 12.3. The number of aliphatic hydroxyl groups is 1. The maximum Gasteiger partial charge on any atom is 0.261 e. The quantitative estimate of drug-likeness (QED) is 0.777. The minimum Gasteiger partial charge on any atom is -0.392 e. The number of carbonyl (C=O) groups excluding carboxylic acids is 1. The molecular weight excluding hydrogens is 298 g/mol. The Balaban J connectivity index is 1.77. The van der Waals surface area contributed by atoms with Crippen molar-refractivity contribution in [2.75, 3.05) is 0 Å². The fourth-order valence-electron chi connectivity index (χ4n) is 2.46. The molecule has 1 amide bonds. The average molecular weight is 315 g/mol. The Morgan fingerprint density at radius 1 is 1.36 bits per heavy atom. The van der Waals surface area contributed by atoms with E-state index in [2.05, 4.69) is 10.4 Å². The van der Waals surface area contributed by atoms with Crippen LogP contribution in [0, 0.1) is 6.92 Å². The first kappa shape index (κ1) is 14.7. The molecule has 6 heteroatoms. The first-order valence-electron chi connectivity index (χ1n) is 6.99. The van der Waals surface area contributed by atoms with Crippen molar-refractivity contribution in [3.63, 3.8) is 0 Å². The van der Waals surface area contributed by atoms with Crippen molar-refractivity contribution < 1.29 is 9.90 Å². The number of hydrogen-bond donors (Lipinski definition) is 2. The van der Waals surface area contributed by atoms with Crippen molar-refractivity contribution in [3.8, 4) is 0 Å². The topological polar surface area (TPSA) is 67.2 Å². The van der Waals surface area contributed by atoms with Gasteiger partial charge < -0.3 is 10.4 Å². The summed E-state index contributed by atoms with van der Waals surface area (Å²) >= 11 is 1.44. The van der Waals surface area contributed by atoms with E-state index in [1.165, 1.54) is 11.3 Å². The summed E-state index contributed by atoms with van der Waals surface area (Å²) in [5, 5.41) is 17.6. The van der Waals surface area contributed by atoms with Gasteiger partial charge in [-0.1, -0.05) is 24.3 Å². The zero-order chi connectivity index (χ0) is 15.7. The molecule has 0 aliphatic carbocycles. The van der Waals surface area contributed by atoms with Gasteiger partial charge in [0.05, 0.1) is 17.2 Å². The fraction of sp³-hybridized carbons (Fsp3) is 0.250. The second-order valence-electron chi connectivity index (χ2n) is 5.15. The zero-order valence-corrected chi connectivity index (χ0v) is 13.3. The molecule has 0 aliphatic rings. The predicted octanol–water partition coefficient (Wildman–Crippen LogP) is 2.37. The van der Waals surface area contributed by atoms with Crippen molar-refractivity contribution in [2.45, 2.75) is 20.1 Å². The van der Waals surface area contributed by atoms with E-state index in [0.717, 1.165) is 27.0 Å². The van der Waals surface area contributed by atoms with Crippen molar-refractivity contribution in [1.82, 2.24) is 15.1 Å². The standard InChI is InChI=1S/C16H17N3O2S/c1-10-13-7-14(22-16(13)19(2)18-10)15(21)17-8-11-5-3-4-6-12(11)9-20/h3-7,20H,8-9H2,1-2H3,(H,17,21). The van der Waals surface area contributed by atoms with E-state index in [1.807, 2.05) is 44.3 Å². The Kier molecular flexibility index (Phi) is 3.96. The lowest BCUT2D eigenvalue weighted by molar-refractivity contribution is 0.0954. The minimum absolute atomic E-state index is 0.0280. The monoisotopic (exact) mass is 315 g/mol. The first-order chi connectivity index (χ1) is 10.6. The highest BCUT2D eigenvalue weighted by molar-refractivity contribution is 7.20. The molecule has 2 heterocycles. The molecule has 0 aliphatic heterocycles. The smallest absolute Gasteiger partial charge is 0.261 e. The molecule has 1 aromatic carbocycles. The Hall–Kier alpha value is -2.18. The third-order valence-electron chi connectivity index (χ3n) is 3.65. The number of carbonyl (C=O) groups is 1. The average Bonchev–Trinajstić information content (AvgIpc) is 3.07. The SMILES string of the molecule is Cc1nn(C)c2sc(C(=O)NCc3ccccc3CO)cc12. The van der Waals surface area contributed by atoms with Crippen LogP contribution in [0.3, 0.4) is 0 Å². The number of aryl methyl sites for hydroxylation is 2. The molecule has 0 spiro atoms. The van der Waals surface area contributed by atoms with Gasteiger partial charge in [-0.3, -0.25) is 9.48 Å². The molecule has 3 rings (SSSR count). The van der Waals surface area contributed by atoms with Gasteiger partial charge in [-0.15, -0.1) is 11.3 Å². The number of rotatable bonds is 4. The number of aromatic nitrogens is 2. The van der Waals surface area contributed by atoms with Gasteiger partial charge >= 0.3 is 0 Å². The van der Waals surface area contributed by atoms with E-state index in [0.29, 0.717) is 11.4 Å². The summed E-state index contributed by atoms with van der Waals surface area (Å²) in [6.45, 7) is 2.31. The molecule has 3 aromatic rings. The number of amides is 1. The highest BCUT2D eigenvalue weighted by Crippen LogP contribution is 2.27. The zero-order valence-electron chi connectivity index (χ0n) is 12.5. The van der Waals surface area contributed by atoms with E-state index in [4.69, 9.17) is 0 Å². The van der Waals surface area contributed by atoms with Crippen LogP contribution in [0.4, 0.5) is 0 Å². The van der Waals surface area contributed by atoms with E-state index in [1.54, 1.807) is 4.68 Å². The first-order valence-corrected chi connectivity index (χ1v) is 7.80. The van der Waals surface area contributed by atoms with Crippen LogP contribution in [0.25, 0.3) is 10.2 Å². The Bertz CT molecular complexity index is 801. The van der Waals surface area contributed by atoms with Crippen LogP contribution in [0.1, 0.15) is 26.5 Å². The van der Waals surface area contributed by atoms with Crippen molar-refractivity contribution in [1.29, 1.82) is 0 Å². The summed E-state index contributed by atoms with van der Waals surface area (Å²) in [6.07, 6.45) is 0. The van der Waals surface area contributed by atoms with Gasteiger partial charge in [-0.25, -0.2) is 0 Å². The lowest BCUT2D eigenvalue weighted by Gasteiger charge is -2.08. The van der Waals surface area contributed by atoms with Crippen LogP contribution >= 0.6 is 11.3 Å². The maximum absolute atomic E-state index is 12.3. The molecule has 0 saturated heterocycles. The summed E-state index contributed by atoms with van der Waals surface area (Å²) < 4.78 is 1.80. The molecule has 2 aromatic heterocycles. The molecule has 0 atom stereocenters. The van der Waals surface area contributed by atoms with E-state index in [-0.39, 0.29) is 12.5 Å². The van der Waals surface area contributed by atoms with Crippen LogP contribution in [-0.4, -0.2) is 20.8 Å². The van der Waals surface area contributed by atoms with Crippen LogP contribution in [0.5, 0.6) is 0 Å². The van der Waals surface area contributed by atoms with Crippen LogP contribution in [0.2, 0.25) is 0 Å². The van der Waals surface area contributed by atoms with E-state index < -0.39 is 0 Å². The van der Waals surface area contributed by atoms with Crippen LogP contribution < -0.4 is 5.32 Å². The lowest BCUT2D eigenvalue weighted by atomic mass is 10.1. The second kappa shape index (κ2) is 5.90. The summed E-state index contributed by atoms with van der Waals surface area (Å²) in [7, 11) is 1.88. The molecule has 5 nitrogen and oxygen atoms in total. The highest BCUT2D eigenvalue weighted by Gasteiger charge is 2.15. The number of thiophene rings is 1. The number of fused-ring (bicyclic) bond motifs is 1. The summed E-state index contributed by atoms with van der Waals surface area (Å²) in [4.78, 5) is 14.0. The highest BCUT2D eigenvalue weighted by atomic mass is 32.1. The van der Waals surface area contributed by atoms with Crippen LogP contribution in [0.15, 0.2) is 30.3 Å². The number of aliphatic hydroxyl groups excluding tert-OH is 1. The normalized spacial score (nSPS) is 11.0. The molecule has 0 saturated carbocycles. The third-order valence-corrected chi connectivity index (χ3v) is 4.85. The Morgan fingerprint density at radius 2 is 2.09 bits per heavy atom. The summed E-state index contributed by atoms with van der Waals surface area (Å²) in [6, 6.07) is 9.42. The summed E-state index contributed by atoms with van der Waals surface area (Å²) in [5.74, 6) is -0.103. The van der Waals surface area contributed by atoms with Gasteiger partial charge in [-0.05, 0) is 24.1 Å². The number of hydrogen-bond acceptors (Lipinski definition) is 4. The van der Waals surface area contributed by atoms with Gasteiger partial charge in [-0.2, -0.15) is 5.10 Å². The molecule has 114 valence electrons. The second-order valence-corrected chi connectivity index (χ2v) is 6.18. The van der Waals surface area contributed by atoms with Gasteiger partial charge in [0.1, 0.15) is 4.83 Å². The van der Waals surface area contributed by atoms with Gasteiger partial charge in [0.15, 0.2) is 0 Å². The Morgan fingerprint density at radius 3 is 2.77 bits per heavy atom. The fourth-order valence-corrected chi connectivity index (χ4v) is 3.50. The molecule has 0 unspecified atom stereocenters. The van der Waals surface area contributed by atoms with Gasteiger partial charge in [0, 0.05) is 19.0 Å². The van der Waals surface area contributed by atoms with E-state index in [9.17, 15) is 9.90 Å². The molecule has 0 radical (unpaired) electrons. The van der Waals surface area contributed by atoms with Crippen molar-refractivity contribution in [2.24, 2.45) is 7.05 Å². The third kappa shape index (κ3) is 2.63. The van der Waals surface area contributed by atoms with Crippen molar-refractivity contribution >= 4 is 27.5 Å². The minimum atomic E-state index is -0.103. The molecular formula is C16H17N3O2S. The number of nitrogens with zero attached hydrogens (tertiary/aromatic N) is 2.